The van der Waals surface area contributed by atoms with E-state index in [1.54, 1.807) is 0 Å². The summed E-state index contributed by atoms with van der Waals surface area (Å²) in [6, 6.07) is 36.2. The Balaban J connectivity index is 0.00000165. The van der Waals surface area contributed by atoms with Gasteiger partial charge < -0.3 is 24.8 Å². The van der Waals surface area contributed by atoms with Gasteiger partial charge in [-0.25, -0.2) is 0 Å². The van der Waals surface area contributed by atoms with E-state index in [2.05, 4.69) is 146 Å². The second kappa shape index (κ2) is 11.4. The Bertz CT molecular complexity index is 1950. The molecule has 2 heterocycles. The molecule has 6 aromatic rings. The van der Waals surface area contributed by atoms with Crippen LogP contribution in [0.15, 0.2) is 97.1 Å². The molecule has 2 aromatic heterocycles. The van der Waals surface area contributed by atoms with Gasteiger partial charge in [0.05, 0.1) is 0 Å². The van der Waals surface area contributed by atoms with Crippen LogP contribution in [0.3, 0.4) is 0 Å². The Morgan fingerprint density at radius 2 is 0.860 bits per heavy atom. The SMILES string of the molecule is Cc1c(C)n(C2=Cc3ccccc3[CH]2[Hf+2][CH]2C(n3c(C)c(C)c4ccccc43)=Cc3ccccc32)c2ccccc12.[Cl-].[Cl-]. The number of hydrogen-bond acceptors (Lipinski definition) is 0. The van der Waals surface area contributed by atoms with Gasteiger partial charge in [0, 0.05) is 0 Å². The first-order chi connectivity index (χ1) is 20.0. The van der Waals surface area contributed by atoms with E-state index in [1.165, 1.54) is 78.0 Å². The van der Waals surface area contributed by atoms with Crippen LogP contribution in [0.2, 0.25) is 0 Å². The maximum Gasteiger partial charge on any atom is -1.00 e. The van der Waals surface area contributed by atoms with Crippen LogP contribution in [0, 0.1) is 27.7 Å². The van der Waals surface area contributed by atoms with Crippen molar-refractivity contribution in [2.24, 2.45) is 0 Å². The molecule has 8 rings (SSSR count). The molecule has 4 aromatic carbocycles. The first-order valence-corrected chi connectivity index (χ1v) is 18.7. The number of halogens is 2. The Morgan fingerprint density at radius 3 is 1.30 bits per heavy atom. The number of nitrogens with zero attached hydrogens (tertiary/aromatic N) is 2. The average molecular weight is 766 g/mol. The molecule has 212 valence electrons. The van der Waals surface area contributed by atoms with E-state index < -0.39 is 22.9 Å². The van der Waals surface area contributed by atoms with Crippen LogP contribution in [0.1, 0.15) is 52.1 Å². The molecule has 0 fully saturated rings. The molecule has 0 spiro atoms. The minimum Gasteiger partial charge on any atom is -1.00 e. The zero-order valence-electron chi connectivity index (χ0n) is 24.7. The van der Waals surface area contributed by atoms with Gasteiger partial charge in [0.1, 0.15) is 0 Å². The van der Waals surface area contributed by atoms with Crippen LogP contribution in [0.25, 0.3) is 45.4 Å². The average Bonchev–Trinajstić information content (AvgIpc) is 3.69. The molecule has 0 amide bonds. The quantitative estimate of drug-likeness (QED) is 0.243. The molecule has 43 heavy (non-hydrogen) atoms. The predicted molar refractivity (Wildman–Crippen MR) is 170 cm³/mol. The second-order valence-electron chi connectivity index (χ2n) is 11.6. The van der Waals surface area contributed by atoms with E-state index >= 15 is 0 Å². The number of aryl methyl sites for hydroxylation is 2. The van der Waals surface area contributed by atoms with Gasteiger partial charge in [0.15, 0.2) is 0 Å². The van der Waals surface area contributed by atoms with Gasteiger partial charge in [-0.2, -0.15) is 0 Å². The maximum absolute atomic E-state index is 2.59. The number of rotatable bonds is 4. The minimum absolute atomic E-state index is 0. The molecule has 0 saturated carbocycles. The van der Waals surface area contributed by atoms with Crippen molar-refractivity contribution in [2.75, 3.05) is 0 Å². The monoisotopic (exact) mass is 766 g/mol. The van der Waals surface area contributed by atoms with E-state index in [0.29, 0.717) is 7.35 Å². The molecule has 2 atom stereocenters. The Labute approximate surface area is 277 Å². The van der Waals surface area contributed by atoms with Crippen molar-refractivity contribution in [1.82, 2.24) is 9.13 Å². The summed E-state index contributed by atoms with van der Waals surface area (Å²) < 4.78 is 6.13. The topological polar surface area (TPSA) is 9.86 Å². The summed E-state index contributed by atoms with van der Waals surface area (Å²) >= 11 is -1.47. The Kier molecular flexibility index (Phi) is 7.96. The third kappa shape index (κ3) is 4.46. The third-order valence-corrected chi connectivity index (χ3v) is 16.3. The van der Waals surface area contributed by atoms with Gasteiger partial charge in [-0.3, -0.25) is 0 Å². The molecule has 0 N–H and O–H groups in total. The van der Waals surface area contributed by atoms with Gasteiger partial charge in [-0.15, -0.1) is 0 Å². The summed E-state index contributed by atoms with van der Waals surface area (Å²) in [4.78, 5) is 0. The molecule has 0 saturated heterocycles. The summed E-state index contributed by atoms with van der Waals surface area (Å²) in [5.41, 5.74) is 17.0. The van der Waals surface area contributed by atoms with Crippen LogP contribution in [-0.4, -0.2) is 9.13 Å². The van der Waals surface area contributed by atoms with Crippen molar-refractivity contribution in [3.8, 4) is 0 Å². The summed E-state index contributed by atoms with van der Waals surface area (Å²) in [6.45, 7) is 9.17. The van der Waals surface area contributed by atoms with Crippen LogP contribution in [-0.2, 0) is 22.9 Å². The number of aromatic nitrogens is 2. The zero-order valence-corrected chi connectivity index (χ0v) is 29.8. The van der Waals surface area contributed by atoms with E-state index in [1.807, 2.05) is 0 Å². The van der Waals surface area contributed by atoms with E-state index in [-0.39, 0.29) is 24.8 Å². The minimum atomic E-state index is -1.47. The van der Waals surface area contributed by atoms with Crippen LogP contribution in [0.4, 0.5) is 0 Å². The number of benzene rings is 4. The molecule has 2 aliphatic rings. The second-order valence-corrected chi connectivity index (χ2v) is 16.9. The number of fused-ring (bicyclic) bond motifs is 4. The summed E-state index contributed by atoms with van der Waals surface area (Å²) in [5, 5.41) is 2.73. The largest absolute Gasteiger partial charge is 1.00 e. The summed E-state index contributed by atoms with van der Waals surface area (Å²) in [6.07, 6.45) is 4.99. The zero-order chi connectivity index (χ0) is 27.8. The molecule has 2 nitrogen and oxygen atoms in total. The van der Waals surface area contributed by atoms with Gasteiger partial charge in [0.2, 0.25) is 0 Å². The normalized spacial score (nSPS) is 16.7. The Hall–Kier alpha value is -3.11. The van der Waals surface area contributed by atoms with Crippen molar-refractivity contribution >= 4 is 45.4 Å². The van der Waals surface area contributed by atoms with Crippen LogP contribution < -0.4 is 24.8 Å². The molecule has 0 bridgehead atoms. The Morgan fingerprint density at radius 1 is 0.488 bits per heavy atom. The van der Waals surface area contributed by atoms with Crippen molar-refractivity contribution < 1.29 is 47.7 Å². The fourth-order valence-corrected chi connectivity index (χ4v) is 14.4. The molecular formula is C38H32Cl2HfN2. The van der Waals surface area contributed by atoms with Crippen LogP contribution >= 0.6 is 0 Å². The predicted octanol–water partition coefficient (Wildman–Crippen LogP) is 3.73. The van der Waals surface area contributed by atoms with Gasteiger partial charge in [-0.1, -0.05) is 0 Å². The van der Waals surface area contributed by atoms with E-state index in [0.717, 1.165) is 0 Å². The van der Waals surface area contributed by atoms with Gasteiger partial charge >= 0.3 is 254 Å². The van der Waals surface area contributed by atoms with E-state index in [9.17, 15) is 0 Å². The first kappa shape index (κ1) is 29.9. The molecule has 2 unspecified atom stereocenters. The third-order valence-electron chi connectivity index (χ3n) is 9.52. The van der Waals surface area contributed by atoms with Crippen molar-refractivity contribution in [1.29, 1.82) is 0 Å². The van der Waals surface area contributed by atoms with Crippen LogP contribution in [0.5, 0.6) is 0 Å². The summed E-state index contributed by atoms with van der Waals surface area (Å²) in [7, 11) is 0. The van der Waals surface area contributed by atoms with Gasteiger partial charge in [-0.05, 0) is 0 Å². The van der Waals surface area contributed by atoms with Crippen molar-refractivity contribution in [3.63, 3.8) is 0 Å². The van der Waals surface area contributed by atoms with Crippen molar-refractivity contribution in [2.45, 2.75) is 35.0 Å². The first-order valence-electron chi connectivity index (χ1n) is 14.5. The molecule has 0 aliphatic heterocycles. The standard InChI is InChI=1S/2C19H16N.2ClH.Hf/c2*1-13-14(2)20(19-10-6-5-9-18(13)19)17-11-15-7-3-4-8-16(15)12-17;;;/h2*3-12H,1-2H3;2*1H;/q;;;;+2/p-2. The fourth-order valence-electron chi connectivity index (χ4n) is 7.24. The van der Waals surface area contributed by atoms with Crippen molar-refractivity contribution in [3.05, 3.63) is 142 Å². The van der Waals surface area contributed by atoms with Gasteiger partial charge in [0.25, 0.3) is 0 Å². The van der Waals surface area contributed by atoms with E-state index in [4.69, 9.17) is 0 Å². The number of hydrogen-bond donors (Lipinski definition) is 0. The molecule has 2 aliphatic carbocycles. The fraction of sp³-hybridized carbons (Fsp3) is 0.158. The number of para-hydroxylation sites is 2. The molecular weight excluding hydrogens is 734 g/mol. The molecule has 5 heteroatoms. The maximum atomic E-state index is 2.59. The smallest absolute Gasteiger partial charge is 1.00 e. The molecule has 0 radical (unpaired) electrons. The number of allylic oxidation sites excluding steroid dienone is 2. The summed E-state index contributed by atoms with van der Waals surface area (Å²) in [5.74, 6) is 0.